The van der Waals surface area contributed by atoms with E-state index in [4.69, 9.17) is 16.3 Å². The summed E-state index contributed by atoms with van der Waals surface area (Å²) in [6, 6.07) is 7.68. The molecule has 3 heterocycles. The fraction of sp³-hybridized carbons (Fsp3) is 0.500. The lowest BCUT2D eigenvalue weighted by Gasteiger charge is -2.38. The zero-order chi connectivity index (χ0) is 18.3. The van der Waals surface area contributed by atoms with Crippen molar-refractivity contribution in [1.29, 1.82) is 0 Å². The molecule has 26 heavy (non-hydrogen) atoms. The number of carbonyl (C=O) groups excluding carboxylic acids is 1. The van der Waals surface area contributed by atoms with Gasteiger partial charge in [0.25, 0.3) is 0 Å². The minimum atomic E-state index is -0.219. The number of aromatic nitrogens is 2. The highest BCUT2D eigenvalue weighted by Crippen LogP contribution is 2.33. The standard InChI is InChI=1S/C20H24ClN3O2/c1-20(2)11-14(8-10-26-20)19(25)24-9-7-17-16(12-24)18(23-22-17)13-3-5-15(21)6-4-13/h3-6,14H,7-12H2,1-2H3,(H,22,23)/t14-/m1/s1. The number of fused-ring (bicyclic) bond motifs is 1. The van der Waals surface area contributed by atoms with Crippen LogP contribution in [0.15, 0.2) is 24.3 Å². The lowest BCUT2D eigenvalue weighted by atomic mass is 9.87. The smallest absolute Gasteiger partial charge is 0.226 e. The fourth-order valence-corrected chi connectivity index (χ4v) is 4.16. The fourth-order valence-electron chi connectivity index (χ4n) is 4.03. The number of hydrogen-bond acceptors (Lipinski definition) is 3. The molecule has 2 aliphatic rings. The van der Waals surface area contributed by atoms with Crippen molar-refractivity contribution >= 4 is 17.5 Å². The Kier molecular flexibility index (Phi) is 4.53. The first-order valence-electron chi connectivity index (χ1n) is 9.18. The molecule has 0 unspecified atom stereocenters. The quantitative estimate of drug-likeness (QED) is 0.870. The Labute approximate surface area is 158 Å². The van der Waals surface area contributed by atoms with Gasteiger partial charge < -0.3 is 9.64 Å². The molecule has 2 aromatic rings. The van der Waals surface area contributed by atoms with Crippen LogP contribution in [0.5, 0.6) is 0 Å². The Hall–Kier alpha value is -1.85. The molecule has 2 aliphatic heterocycles. The minimum Gasteiger partial charge on any atom is -0.376 e. The number of ether oxygens (including phenoxy) is 1. The summed E-state index contributed by atoms with van der Waals surface area (Å²) in [5.41, 5.74) is 3.98. The van der Waals surface area contributed by atoms with Crippen molar-refractivity contribution in [3.05, 3.63) is 40.5 Å². The molecule has 5 nitrogen and oxygen atoms in total. The molecule has 1 fully saturated rings. The van der Waals surface area contributed by atoms with Crippen LogP contribution in [0.2, 0.25) is 5.02 Å². The van der Waals surface area contributed by atoms with Crippen molar-refractivity contribution in [3.63, 3.8) is 0 Å². The zero-order valence-corrected chi connectivity index (χ0v) is 16.0. The van der Waals surface area contributed by atoms with E-state index in [2.05, 4.69) is 24.0 Å². The molecule has 0 saturated carbocycles. The lowest BCUT2D eigenvalue weighted by Crippen LogP contribution is -2.45. The van der Waals surface area contributed by atoms with Crippen LogP contribution >= 0.6 is 11.6 Å². The van der Waals surface area contributed by atoms with Crippen molar-refractivity contribution in [2.24, 2.45) is 5.92 Å². The molecule has 1 aromatic heterocycles. The summed E-state index contributed by atoms with van der Waals surface area (Å²) < 4.78 is 5.77. The van der Waals surface area contributed by atoms with Gasteiger partial charge >= 0.3 is 0 Å². The van der Waals surface area contributed by atoms with E-state index in [1.807, 2.05) is 29.2 Å². The van der Waals surface area contributed by atoms with Gasteiger partial charge in [0.15, 0.2) is 0 Å². The van der Waals surface area contributed by atoms with Crippen LogP contribution < -0.4 is 0 Å². The summed E-state index contributed by atoms with van der Waals surface area (Å²) in [5.74, 6) is 0.293. The van der Waals surface area contributed by atoms with E-state index in [1.54, 1.807) is 0 Å². The summed E-state index contributed by atoms with van der Waals surface area (Å²) in [6.45, 7) is 6.14. The number of nitrogens with one attached hydrogen (secondary N) is 1. The third kappa shape index (κ3) is 3.38. The predicted molar refractivity (Wildman–Crippen MR) is 101 cm³/mol. The van der Waals surface area contributed by atoms with E-state index in [0.29, 0.717) is 18.2 Å². The number of rotatable bonds is 2. The van der Waals surface area contributed by atoms with Gasteiger partial charge in [-0.05, 0) is 38.8 Å². The molecule has 1 saturated heterocycles. The van der Waals surface area contributed by atoms with E-state index >= 15 is 0 Å². The molecular weight excluding hydrogens is 350 g/mol. The van der Waals surface area contributed by atoms with Gasteiger partial charge in [0.2, 0.25) is 5.91 Å². The number of H-pyrrole nitrogens is 1. The molecule has 0 bridgehead atoms. The summed E-state index contributed by atoms with van der Waals surface area (Å²) in [6.07, 6.45) is 2.40. The number of hydrogen-bond donors (Lipinski definition) is 1. The molecule has 4 rings (SSSR count). The van der Waals surface area contributed by atoms with Gasteiger partial charge in [-0.25, -0.2) is 0 Å². The van der Waals surface area contributed by atoms with Gasteiger partial charge in [0.05, 0.1) is 11.3 Å². The maximum absolute atomic E-state index is 13.1. The van der Waals surface area contributed by atoms with E-state index in [1.165, 1.54) is 0 Å². The minimum absolute atomic E-state index is 0.0474. The van der Waals surface area contributed by atoms with Crippen molar-refractivity contribution in [2.45, 2.75) is 45.3 Å². The van der Waals surface area contributed by atoms with Crippen LogP contribution in [-0.4, -0.2) is 39.8 Å². The van der Waals surface area contributed by atoms with E-state index in [-0.39, 0.29) is 17.4 Å². The molecule has 1 N–H and O–H groups in total. The van der Waals surface area contributed by atoms with Crippen LogP contribution in [0.1, 0.15) is 37.9 Å². The van der Waals surface area contributed by atoms with Crippen LogP contribution in [0, 0.1) is 5.92 Å². The Morgan fingerprint density at radius 3 is 2.85 bits per heavy atom. The Bertz CT molecular complexity index is 813. The molecule has 1 aromatic carbocycles. The second-order valence-electron chi connectivity index (χ2n) is 7.84. The largest absolute Gasteiger partial charge is 0.376 e. The predicted octanol–water partition coefficient (Wildman–Crippen LogP) is 3.82. The van der Waals surface area contributed by atoms with E-state index in [9.17, 15) is 4.79 Å². The first-order valence-corrected chi connectivity index (χ1v) is 9.55. The summed E-state index contributed by atoms with van der Waals surface area (Å²) in [7, 11) is 0. The maximum Gasteiger partial charge on any atom is 0.226 e. The third-order valence-corrected chi connectivity index (χ3v) is 5.66. The zero-order valence-electron chi connectivity index (χ0n) is 15.2. The molecule has 0 radical (unpaired) electrons. The van der Waals surface area contributed by atoms with Gasteiger partial charge in [0.1, 0.15) is 0 Å². The van der Waals surface area contributed by atoms with Crippen LogP contribution in [0.4, 0.5) is 0 Å². The van der Waals surface area contributed by atoms with Gasteiger partial charge in [-0.15, -0.1) is 0 Å². The van der Waals surface area contributed by atoms with Gasteiger partial charge in [-0.1, -0.05) is 23.7 Å². The number of carbonyl (C=O) groups is 1. The van der Waals surface area contributed by atoms with Crippen molar-refractivity contribution in [3.8, 4) is 11.3 Å². The monoisotopic (exact) mass is 373 g/mol. The first kappa shape index (κ1) is 17.6. The molecule has 0 aliphatic carbocycles. The van der Waals surface area contributed by atoms with Gasteiger partial charge in [-0.3, -0.25) is 9.89 Å². The second-order valence-corrected chi connectivity index (χ2v) is 8.28. The Morgan fingerprint density at radius 1 is 1.35 bits per heavy atom. The summed E-state index contributed by atoms with van der Waals surface area (Å²) >= 11 is 6.00. The van der Waals surface area contributed by atoms with Gasteiger partial charge in [-0.2, -0.15) is 5.10 Å². The number of nitrogens with zero attached hydrogens (tertiary/aromatic N) is 2. The lowest BCUT2D eigenvalue weighted by molar-refractivity contribution is -0.146. The average Bonchev–Trinajstić information content (AvgIpc) is 3.04. The highest BCUT2D eigenvalue weighted by Gasteiger charge is 2.36. The molecule has 1 amide bonds. The highest BCUT2D eigenvalue weighted by molar-refractivity contribution is 6.30. The Balaban J connectivity index is 1.55. The summed E-state index contributed by atoms with van der Waals surface area (Å²) in [5, 5.41) is 8.36. The maximum atomic E-state index is 13.1. The SMILES string of the molecule is CC1(C)C[C@H](C(=O)N2CCc3[nH]nc(-c4ccc(Cl)cc4)c3C2)CCO1. The van der Waals surface area contributed by atoms with Crippen molar-refractivity contribution in [1.82, 2.24) is 15.1 Å². The Morgan fingerprint density at radius 2 is 2.12 bits per heavy atom. The van der Waals surface area contributed by atoms with Crippen LogP contribution in [0.25, 0.3) is 11.3 Å². The number of benzene rings is 1. The molecule has 138 valence electrons. The summed E-state index contributed by atoms with van der Waals surface area (Å²) in [4.78, 5) is 15.1. The molecule has 0 spiro atoms. The normalized spacial score (nSPS) is 22.1. The van der Waals surface area contributed by atoms with Gasteiger partial charge in [0, 0.05) is 53.9 Å². The van der Waals surface area contributed by atoms with Crippen molar-refractivity contribution in [2.75, 3.05) is 13.2 Å². The first-order chi connectivity index (χ1) is 12.4. The highest BCUT2D eigenvalue weighted by atomic mass is 35.5. The second kappa shape index (κ2) is 6.71. The van der Waals surface area contributed by atoms with Crippen molar-refractivity contribution < 1.29 is 9.53 Å². The number of amides is 1. The van der Waals surface area contributed by atoms with Crippen LogP contribution in [-0.2, 0) is 22.5 Å². The average molecular weight is 374 g/mol. The topological polar surface area (TPSA) is 58.2 Å². The van der Waals surface area contributed by atoms with E-state index < -0.39 is 0 Å². The third-order valence-electron chi connectivity index (χ3n) is 5.41. The molecule has 6 heteroatoms. The number of halogens is 1. The van der Waals surface area contributed by atoms with Crippen LogP contribution in [0.3, 0.4) is 0 Å². The molecular formula is C20H24ClN3O2. The molecule has 1 atom stereocenters. The number of aromatic amines is 1. The van der Waals surface area contributed by atoms with E-state index in [0.717, 1.165) is 48.3 Å².